The zero-order valence-electron chi connectivity index (χ0n) is 18.4. The number of hydrogen-bond acceptors (Lipinski definition) is 6. The Labute approximate surface area is 197 Å². The van der Waals surface area contributed by atoms with Crippen LogP contribution in [0.5, 0.6) is 0 Å². The number of para-hydroxylation sites is 1. The molecule has 0 unspecified atom stereocenters. The topological polar surface area (TPSA) is 88.2 Å². The van der Waals surface area contributed by atoms with Gasteiger partial charge in [0.25, 0.3) is 5.91 Å². The summed E-state index contributed by atoms with van der Waals surface area (Å²) in [6.45, 7) is 5.70. The van der Waals surface area contributed by atoms with Gasteiger partial charge in [0.1, 0.15) is 4.88 Å². The van der Waals surface area contributed by atoms with E-state index in [-0.39, 0.29) is 15.7 Å². The molecule has 0 atom stereocenters. The number of carbonyl (C=O) groups is 1. The van der Waals surface area contributed by atoms with Crippen molar-refractivity contribution in [2.24, 2.45) is 0 Å². The van der Waals surface area contributed by atoms with Crippen LogP contribution in [-0.4, -0.2) is 19.3 Å². The second-order valence-corrected chi connectivity index (χ2v) is 10.6. The van der Waals surface area contributed by atoms with Crippen LogP contribution in [0.1, 0.15) is 26.5 Å². The van der Waals surface area contributed by atoms with Crippen molar-refractivity contribution in [2.45, 2.75) is 30.6 Å². The van der Waals surface area contributed by atoms with Crippen LogP contribution in [0, 0.1) is 20.8 Å². The van der Waals surface area contributed by atoms with Gasteiger partial charge in [0.15, 0.2) is 5.13 Å². The molecule has 0 saturated carbocycles. The highest BCUT2D eigenvalue weighted by Crippen LogP contribution is 2.29. The molecule has 6 nitrogen and oxygen atoms in total. The number of thiazole rings is 1. The first-order valence-electron chi connectivity index (χ1n) is 10.3. The fourth-order valence-electron chi connectivity index (χ4n) is 3.42. The van der Waals surface area contributed by atoms with E-state index < -0.39 is 9.84 Å². The summed E-state index contributed by atoms with van der Waals surface area (Å²) in [6, 6.07) is 20.7. The summed E-state index contributed by atoms with van der Waals surface area (Å²) in [6.07, 6.45) is 0. The standard InChI is InChI=1S/C25H23N3O3S2/c1-16-8-7-9-17(2)22(16)28-24(29)23-18(3)26-25(32-23)27-19-12-14-21(15-13-19)33(30,31)20-10-5-4-6-11-20/h4-15H,1-3H3,(H,26,27)(H,28,29). The molecule has 4 rings (SSSR count). The molecule has 8 heteroatoms. The van der Waals surface area contributed by atoms with Crippen LogP contribution < -0.4 is 10.6 Å². The molecule has 0 aliphatic rings. The van der Waals surface area contributed by atoms with Crippen LogP contribution >= 0.6 is 11.3 Å². The van der Waals surface area contributed by atoms with Gasteiger partial charge in [-0.1, -0.05) is 47.7 Å². The lowest BCUT2D eigenvalue weighted by atomic mass is 10.1. The van der Waals surface area contributed by atoms with Gasteiger partial charge < -0.3 is 10.6 Å². The van der Waals surface area contributed by atoms with Gasteiger partial charge in [0, 0.05) is 11.4 Å². The van der Waals surface area contributed by atoms with Crippen molar-refractivity contribution in [2.75, 3.05) is 10.6 Å². The molecule has 1 amide bonds. The van der Waals surface area contributed by atoms with Gasteiger partial charge >= 0.3 is 0 Å². The zero-order valence-corrected chi connectivity index (χ0v) is 20.0. The number of aryl methyl sites for hydroxylation is 3. The van der Waals surface area contributed by atoms with Gasteiger partial charge in [-0.2, -0.15) is 0 Å². The second kappa shape index (κ2) is 9.17. The third kappa shape index (κ3) is 4.81. The number of amides is 1. The molecular weight excluding hydrogens is 454 g/mol. The third-order valence-corrected chi connectivity index (χ3v) is 8.05. The van der Waals surface area contributed by atoms with Gasteiger partial charge in [-0.05, 0) is 68.3 Å². The fourth-order valence-corrected chi connectivity index (χ4v) is 5.58. The van der Waals surface area contributed by atoms with Crippen LogP contribution in [0.4, 0.5) is 16.5 Å². The molecule has 0 radical (unpaired) electrons. The molecule has 1 heterocycles. The van der Waals surface area contributed by atoms with Crippen molar-refractivity contribution in [3.05, 3.63) is 94.5 Å². The molecule has 168 valence electrons. The number of nitrogens with one attached hydrogen (secondary N) is 2. The normalized spacial score (nSPS) is 11.2. The van der Waals surface area contributed by atoms with Crippen molar-refractivity contribution < 1.29 is 13.2 Å². The largest absolute Gasteiger partial charge is 0.332 e. The molecule has 0 aliphatic heterocycles. The van der Waals surface area contributed by atoms with Crippen molar-refractivity contribution in [3.8, 4) is 0 Å². The highest BCUT2D eigenvalue weighted by atomic mass is 32.2. The molecule has 1 aromatic heterocycles. The molecule has 3 aromatic carbocycles. The number of hydrogen-bond donors (Lipinski definition) is 2. The minimum Gasteiger partial charge on any atom is -0.332 e. The van der Waals surface area contributed by atoms with Gasteiger partial charge in [0.05, 0.1) is 15.5 Å². The molecule has 4 aromatic rings. The maximum Gasteiger partial charge on any atom is 0.267 e. The van der Waals surface area contributed by atoms with E-state index in [0.29, 0.717) is 21.4 Å². The number of anilines is 3. The summed E-state index contributed by atoms with van der Waals surface area (Å²) in [5.41, 5.74) is 4.09. The van der Waals surface area contributed by atoms with Crippen molar-refractivity contribution in [1.29, 1.82) is 0 Å². The average molecular weight is 478 g/mol. The van der Waals surface area contributed by atoms with E-state index in [1.165, 1.54) is 11.3 Å². The van der Waals surface area contributed by atoms with Crippen LogP contribution in [0.2, 0.25) is 0 Å². The number of rotatable bonds is 6. The molecule has 0 saturated heterocycles. The number of sulfone groups is 1. The van der Waals surface area contributed by atoms with Gasteiger partial charge in [0.2, 0.25) is 9.84 Å². The molecule has 2 N–H and O–H groups in total. The zero-order chi connectivity index (χ0) is 23.6. The van der Waals surface area contributed by atoms with E-state index in [9.17, 15) is 13.2 Å². The van der Waals surface area contributed by atoms with Crippen LogP contribution in [0.25, 0.3) is 0 Å². The Bertz CT molecular complexity index is 1390. The van der Waals surface area contributed by atoms with E-state index >= 15 is 0 Å². The highest BCUT2D eigenvalue weighted by Gasteiger charge is 2.19. The second-order valence-electron chi connectivity index (χ2n) is 7.62. The summed E-state index contributed by atoms with van der Waals surface area (Å²) in [4.78, 5) is 18.3. The molecule has 0 fully saturated rings. The number of nitrogens with zero attached hydrogens (tertiary/aromatic N) is 1. The lowest BCUT2D eigenvalue weighted by Crippen LogP contribution is -2.13. The Balaban J connectivity index is 1.50. The minimum atomic E-state index is -3.57. The molecule has 33 heavy (non-hydrogen) atoms. The van der Waals surface area contributed by atoms with Crippen molar-refractivity contribution in [3.63, 3.8) is 0 Å². The highest BCUT2D eigenvalue weighted by molar-refractivity contribution is 7.91. The molecule has 0 bridgehead atoms. The number of carbonyl (C=O) groups excluding carboxylic acids is 1. The first-order chi connectivity index (χ1) is 15.8. The van der Waals surface area contributed by atoms with Gasteiger partial charge in [-0.3, -0.25) is 4.79 Å². The number of aromatic nitrogens is 1. The summed E-state index contributed by atoms with van der Waals surface area (Å²) in [5.74, 6) is -0.209. The quantitative estimate of drug-likeness (QED) is 0.361. The summed E-state index contributed by atoms with van der Waals surface area (Å²) in [5, 5.41) is 6.70. The van der Waals surface area contributed by atoms with E-state index in [2.05, 4.69) is 15.6 Å². The van der Waals surface area contributed by atoms with Crippen LogP contribution in [-0.2, 0) is 9.84 Å². The molecule has 0 aliphatic carbocycles. The smallest absolute Gasteiger partial charge is 0.267 e. The monoisotopic (exact) mass is 477 g/mol. The fraction of sp³-hybridized carbons (Fsp3) is 0.120. The molecule has 0 spiro atoms. The lowest BCUT2D eigenvalue weighted by Gasteiger charge is -2.10. The van der Waals surface area contributed by atoms with Crippen molar-refractivity contribution >= 4 is 43.6 Å². The maximum absolute atomic E-state index is 12.9. The van der Waals surface area contributed by atoms with Crippen LogP contribution in [0.3, 0.4) is 0 Å². The lowest BCUT2D eigenvalue weighted by molar-refractivity contribution is 0.102. The summed E-state index contributed by atoms with van der Waals surface area (Å²) < 4.78 is 25.5. The summed E-state index contributed by atoms with van der Waals surface area (Å²) >= 11 is 1.25. The molecular formula is C25H23N3O3S2. The Morgan fingerprint density at radius 2 is 1.42 bits per heavy atom. The first-order valence-corrected chi connectivity index (χ1v) is 12.6. The van der Waals surface area contributed by atoms with Crippen LogP contribution in [0.15, 0.2) is 82.6 Å². The van der Waals surface area contributed by atoms with Crippen molar-refractivity contribution in [1.82, 2.24) is 4.98 Å². The minimum absolute atomic E-state index is 0.209. The SMILES string of the molecule is Cc1cccc(C)c1NC(=O)c1sc(Nc2ccc(S(=O)(=O)c3ccccc3)cc2)nc1C. The van der Waals surface area contributed by atoms with E-state index in [4.69, 9.17) is 0 Å². The Kier molecular flexibility index (Phi) is 6.31. The Morgan fingerprint density at radius 3 is 2.06 bits per heavy atom. The van der Waals surface area contributed by atoms with E-state index in [1.54, 1.807) is 61.5 Å². The third-order valence-electron chi connectivity index (χ3n) is 5.19. The van der Waals surface area contributed by atoms with Gasteiger partial charge in [-0.25, -0.2) is 13.4 Å². The average Bonchev–Trinajstić information content (AvgIpc) is 3.17. The Hall–Kier alpha value is -3.49. The predicted octanol–water partition coefficient (Wildman–Crippen LogP) is 5.90. The van der Waals surface area contributed by atoms with Gasteiger partial charge in [-0.15, -0.1) is 0 Å². The first kappa shape index (κ1) is 22.7. The summed E-state index contributed by atoms with van der Waals surface area (Å²) in [7, 11) is -3.57. The van der Waals surface area contributed by atoms with E-state index in [1.807, 2.05) is 32.0 Å². The number of benzene rings is 3. The Morgan fingerprint density at radius 1 is 0.818 bits per heavy atom. The maximum atomic E-state index is 12.9. The van der Waals surface area contributed by atoms with E-state index in [0.717, 1.165) is 16.8 Å². The predicted molar refractivity (Wildman–Crippen MR) is 132 cm³/mol.